The van der Waals surface area contributed by atoms with Gasteiger partial charge in [0.1, 0.15) is 11.6 Å². The number of carbonyl (C=O) groups is 1. The lowest BCUT2D eigenvalue weighted by Crippen LogP contribution is -2.47. The first kappa shape index (κ1) is 17.2. The highest BCUT2D eigenvalue weighted by Crippen LogP contribution is 2.33. The van der Waals surface area contributed by atoms with Crippen LogP contribution in [0.3, 0.4) is 0 Å². The van der Waals surface area contributed by atoms with Crippen molar-refractivity contribution in [2.45, 2.75) is 39.3 Å². The van der Waals surface area contributed by atoms with Crippen molar-refractivity contribution in [1.82, 2.24) is 15.0 Å². The van der Waals surface area contributed by atoms with Crippen LogP contribution in [0.5, 0.6) is 0 Å². The molecule has 0 spiro atoms. The Balaban J connectivity index is 1.44. The lowest BCUT2D eigenvalue weighted by atomic mass is 9.93. The standard InChI is InChI=1S/C22H24N4O2/c1-14-19(15(2)28-24-14)13-26-18-9-7-17(22(26)27)11-25(12-18)21-10-8-16-5-3-4-6-20(16)23-21/h3-6,8,10,17-18H,7,9,11-13H2,1-2H3/t17-,18+/m1/s1. The van der Waals surface area contributed by atoms with Gasteiger partial charge in [-0.1, -0.05) is 23.4 Å². The minimum atomic E-state index is 0.0208. The van der Waals surface area contributed by atoms with Gasteiger partial charge in [0.25, 0.3) is 0 Å². The van der Waals surface area contributed by atoms with Crippen LogP contribution in [0.2, 0.25) is 0 Å². The summed E-state index contributed by atoms with van der Waals surface area (Å²) in [5, 5.41) is 5.19. The quantitative estimate of drug-likeness (QED) is 0.700. The Hall–Kier alpha value is -2.89. The summed E-state index contributed by atoms with van der Waals surface area (Å²) in [7, 11) is 0. The van der Waals surface area contributed by atoms with Gasteiger partial charge in [0.05, 0.1) is 23.7 Å². The van der Waals surface area contributed by atoms with Crippen molar-refractivity contribution in [2.24, 2.45) is 5.92 Å². The van der Waals surface area contributed by atoms with E-state index in [1.54, 1.807) is 0 Å². The summed E-state index contributed by atoms with van der Waals surface area (Å²) in [6.07, 6.45) is 1.98. The van der Waals surface area contributed by atoms with Gasteiger partial charge in [-0.05, 0) is 44.9 Å². The zero-order valence-electron chi connectivity index (χ0n) is 16.3. The van der Waals surface area contributed by atoms with E-state index in [1.807, 2.05) is 36.9 Å². The Morgan fingerprint density at radius 2 is 1.96 bits per heavy atom. The third kappa shape index (κ3) is 2.84. The summed E-state index contributed by atoms with van der Waals surface area (Å²) in [5.41, 5.74) is 2.91. The van der Waals surface area contributed by atoms with Crippen LogP contribution in [-0.4, -0.2) is 40.1 Å². The van der Waals surface area contributed by atoms with E-state index in [0.717, 1.165) is 59.7 Å². The van der Waals surface area contributed by atoms with E-state index in [1.165, 1.54) is 0 Å². The fourth-order valence-corrected chi connectivity index (χ4v) is 4.56. The van der Waals surface area contributed by atoms with E-state index in [0.29, 0.717) is 6.54 Å². The maximum atomic E-state index is 13.2. The molecule has 144 valence electrons. The van der Waals surface area contributed by atoms with Crippen LogP contribution < -0.4 is 4.90 Å². The second-order valence-corrected chi connectivity index (χ2v) is 7.96. The summed E-state index contributed by atoms with van der Waals surface area (Å²) in [4.78, 5) is 22.4. The number of aromatic nitrogens is 2. The number of hydrogen-bond donors (Lipinski definition) is 0. The molecule has 0 unspecified atom stereocenters. The van der Waals surface area contributed by atoms with Gasteiger partial charge in [0.2, 0.25) is 5.91 Å². The molecule has 1 aromatic carbocycles. The predicted octanol–water partition coefficient (Wildman–Crippen LogP) is 3.47. The molecule has 3 saturated heterocycles. The van der Waals surface area contributed by atoms with Gasteiger partial charge in [-0.15, -0.1) is 0 Å². The Bertz CT molecular complexity index is 1020. The van der Waals surface area contributed by atoms with Gasteiger partial charge < -0.3 is 14.3 Å². The van der Waals surface area contributed by atoms with Crippen molar-refractivity contribution in [1.29, 1.82) is 0 Å². The zero-order valence-corrected chi connectivity index (χ0v) is 16.3. The van der Waals surface area contributed by atoms with Gasteiger partial charge in [-0.3, -0.25) is 4.79 Å². The molecule has 2 atom stereocenters. The molecule has 6 heteroatoms. The molecule has 0 saturated carbocycles. The van der Waals surface area contributed by atoms with Crippen molar-refractivity contribution < 1.29 is 9.32 Å². The summed E-state index contributed by atoms with van der Waals surface area (Å²) in [5.74, 6) is 2.04. The first-order valence-corrected chi connectivity index (χ1v) is 9.93. The normalized spacial score (nSPS) is 22.1. The monoisotopic (exact) mass is 376 g/mol. The number of piperidine rings is 1. The van der Waals surface area contributed by atoms with E-state index in [2.05, 4.69) is 28.3 Å². The molecule has 3 fully saturated rings. The third-order valence-electron chi connectivity index (χ3n) is 6.21. The lowest BCUT2D eigenvalue weighted by Gasteiger charge is -2.35. The largest absolute Gasteiger partial charge is 0.361 e. The Labute approximate surface area is 164 Å². The number of pyridine rings is 1. The predicted molar refractivity (Wildman–Crippen MR) is 107 cm³/mol. The van der Waals surface area contributed by atoms with Gasteiger partial charge in [0, 0.05) is 30.1 Å². The number of carbonyl (C=O) groups excluding carboxylic acids is 1. The number of fused-ring (bicyclic) bond motifs is 5. The number of nitrogens with zero attached hydrogens (tertiary/aromatic N) is 4. The Morgan fingerprint density at radius 3 is 2.79 bits per heavy atom. The average Bonchev–Trinajstić information content (AvgIpc) is 2.89. The fraction of sp³-hybridized carbons (Fsp3) is 0.409. The van der Waals surface area contributed by atoms with E-state index in [4.69, 9.17) is 9.51 Å². The van der Waals surface area contributed by atoms with Crippen LogP contribution in [0.1, 0.15) is 29.9 Å². The number of hydrogen-bond acceptors (Lipinski definition) is 5. The van der Waals surface area contributed by atoms with Crippen molar-refractivity contribution in [2.75, 3.05) is 18.0 Å². The molecule has 2 aromatic heterocycles. The number of benzene rings is 1. The molecular weight excluding hydrogens is 352 g/mol. The second-order valence-electron chi connectivity index (χ2n) is 7.96. The highest BCUT2D eigenvalue weighted by molar-refractivity contribution is 5.82. The molecule has 3 aliphatic heterocycles. The molecular formula is C22H24N4O2. The van der Waals surface area contributed by atoms with Crippen LogP contribution in [0.25, 0.3) is 10.9 Å². The maximum absolute atomic E-state index is 13.2. The SMILES string of the molecule is Cc1noc(C)c1CN1C(=O)[C@@H]2CC[C@H]1CN(c1ccc3ccccc3n1)C2. The molecule has 0 aliphatic carbocycles. The molecule has 28 heavy (non-hydrogen) atoms. The fourth-order valence-electron chi connectivity index (χ4n) is 4.56. The van der Waals surface area contributed by atoms with Crippen LogP contribution in [-0.2, 0) is 11.3 Å². The Morgan fingerprint density at radius 1 is 1.11 bits per heavy atom. The summed E-state index contributed by atoms with van der Waals surface area (Å²) < 4.78 is 5.31. The van der Waals surface area contributed by atoms with Crippen molar-refractivity contribution in [3.05, 3.63) is 53.4 Å². The highest BCUT2D eigenvalue weighted by Gasteiger charge is 2.41. The van der Waals surface area contributed by atoms with Crippen molar-refractivity contribution >= 4 is 22.6 Å². The average molecular weight is 376 g/mol. The summed E-state index contributed by atoms with van der Waals surface area (Å²) in [6.45, 7) is 5.99. The van der Waals surface area contributed by atoms with Gasteiger partial charge in [-0.2, -0.15) is 0 Å². The maximum Gasteiger partial charge on any atom is 0.228 e. The van der Waals surface area contributed by atoms with E-state index >= 15 is 0 Å². The molecule has 6 nitrogen and oxygen atoms in total. The van der Waals surface area contributed by atoms with E-state index < -0.39 is 0 Å². The van der Waals surface area contributed by atoms with Gasteiger partial charge >= 0.3 is 0 Å². The molecule has 3 aliphatic rings. The Kier molecular flexibility index (Phi) is 4.07. The highest BCUT2D eigenvalue weighted by atomic mass is 16.5. The van der Waals surface area contributed by atoms with E-state index in [-0.39, 0.29) is 17.9 Å². The number of amides is 1. The van der Waals surface area contributed by atoms with Crippen LogP contribution in [0.15, 0.2) is 40.9 Å². The number of para-hydroxylation sites is 1. The molecule has 0 radical (unpaired) electrons. The van der Waals surface area contributed by atoms with Crippen molar-refractivity contribution in [3.8, 4) is 0 Å². The molecule has 0 N–H and O–H groups in total. The minimum Gasteiger partial charge on any atom is -0.361 e. The smallest absolute Gasteiger partial charge is 0.228 e. The van der Waals surface area contributed by atoms with Crippen LogP contribution in [0, 0.1) is 19.8 Å². The molecule has 5 heterocycles. The molecule has 2 bridgehead atoms. The third-order valence-corrected chi connectivity index (χ3v) is 6.21. The van der Waals surface area contributed by atoms with Gasteiger partial charge in [-0.25, -0.2) is 4.98 Å². The first-order chi connectivity index (χ1) is 13.6. The number of anilines is 1. The second kappa shape index (κ2) is 6.62. The molecule has 1 amide bonds. The van der Waals surface area contributed by atoms with Crippen molar-refractivity contribution in [3.63, 3.8) is 0 Å². The minimum absolute atomic E-state index is 0.0208. The number of aryl methyl sites for hydroxylation is 2. The lowest BCUT2D eigenvalue weighted by molar-refractivity contribution is -0.140. The van der Waals surface area contributed by atoms with Crippen LogP contribution in [0.4, 0.5) is 5.82 Å². The van der Waals surface area contributed by atoms with Gasteiger partial charge in [0.15, 0.2) is 0 Å². The summed E-state index contributed by atoms with van der Waals surface area (Å²) >= 11 is 0. The van der Waals surface area contributed by atoms with E-state index in [9.17, 15) is 4.79 Å². The topological polar surface area (TPSA) is 62.5 Å². The zero-order chi connectivity index (χ0) is 19.3. The molecule has 6 rings (SSSR count). The first-order valence-electron chi connectivity index (χ1n) is 9.93. The van der Waals surface area contributed by atoms with Crippen LogP contribution >= 0.6 is 0 Å². The summed E-state index contributed by atoms with van der Waals surface area (Å²) in [6, 6.07) is 12.5. The number of rotatable bonds is 3. The molecule has 3 aromatic rings.